The van der Waals surface area contributed by atoms with E-state index >= 15 is 0 Å². The van der Waals surface area contributed by atoms with Gasteiger partial charge in [0.2, 0.25) is 0 Å². The molecule has 0 aromatic carbocycles. The first kappa shape index (κ1) is 17.8. The van der Waals surface area contributed by atoms with Gasteiger partial charge >= 0.3 is 12.1 Å². The molecule has 8 nitrogen and oxygen atoms in total. The quantitative estimate of drug-likeness (QED) is 0.274. The van der Waals surface area contributed by atoms with Crippen LogP contribution in [0.15, 0.2) is 17.3 Å². The largest absolute Gasteiger partial charge is 0.467 e. The molecule has 112 valence electrons. The van der Waals surface area contributed by atoms with Gasteiger partial charge in [0.1, 0.15) is 5.60 Å². The molecule has 0 saturated heterocycles. The summed E-state index contributed by atoms with van der Waals surface area (Å²) in [5.41, 5.74) is 6.08. The van der Waals surface area contributed by atoms with Gasteiger partial charge in [0, 0.05) is 11.5 Å². The minimum Gasteiger partial charge on any atom is -0.467 e. The fraction of sp³-hybridized carbons (Fsp3) is 0.667. The van der Waals surface area contributed by atoms with Crippen LogP contribution >= 0.6 is 0 Å². The smallest absolute Gasteiger partial charge is 0.408 e. The van der Waals surface area contributed by atoms with E-state index in [0.717, 1.165) is 0 Å². The number of methoxy groups -OCH3 is 1. The molecular formula is C12H20N4O4. The number of hydrogen-bond acceptors (Lipinski definition) is 5. The molecule has 0 fully saturated rings. The molecule has 1 N–H and O–H groups in total. The first-order valence-electron chi connectivity index (χ1n) is 5.93. The second-order valence-corrected chi connectivity index (χ2v) is 5.14. The number of carbonyl (C=O) groups excluding carboxylic acids is 2. The Bertz CT molecular complexity index is 435. The summed E-state index contributed by atoms with van der Waals surface area (Å²) in [7, 11) is 1.21. The Labute approximate surface area is 117 Å². The van der Waals surface area contributed by atoms with Crippen LogP contribution in [0.5, 0.6) is 0 Å². The van der Waals surface area contributed by atoms with E-state index in [4.69, 9.17) is 10.3 Å². The summed E-state index contributed by atoms with van der Waals surface area (Å²) < 4.78 is 9.72. The maximum absolute atomic E-state index is 11.8. The standard InChI is InChI=1S/C12H20N4O4/c1-11(2,3)20-10(18)15-12(4,9(17)19-5)7-6-8-14-16-13/h6-7H,8H2,1-5H3,(H,15,18)/b7-6+/t12-/m0/s1. The van der Waals surface area contributed by atoms with Gasteiger partial charge in [-0.05, 0) is 33.2 Å². The molecule has 0 aromatic heterocycles. The summed E-state index contributed by atoms with van der Waals surface area (Å²) in [5.74, 6) is -0.666. The minimum absolute atomic E-state index is 0.0546. The number of azide groups is 1. The maximum atomic E-state index is 11.8. The Hall–Kier alpha value is -2.21. The van der Waals surface area contributed by atoms with Crippen LogP contribution in [0.1, 0.15) is 27.7 Å². The Kier molecular flexibility index (Phi) is 6.58. The van der Waals surface area contributed by atoms with E-state index in [9.17, 15) is 9.59 Å². The molecule has 0 rings (SSSR count). The van der Waals surface area contributed by atoms with Crippen LogP contribution in [0.25, 0.3) is 10.4 Å². The van der Waals surface area contributed by atoms with Crippen molar-refractivity contribution in [3.8, 4) is 0 Å². The molecule has 0 aromatic rings. The lowest BCUT2D eigenvalue weighted by Gasteiger charge is -2.27. The maximum Gasteiger partial charge on any atom is 0.408 e. The fourth-order valence-electron chi connectivity index (χ4n) is 1.26. The summed E-state index contributed by atoms with van der Waals surface area (Å²) in [5, 5.41) is 5.72. The third-order valence-electron chi connectivity index (χ3n) is 2.07. The zero-order valence-corrected chi connectivity index (χ0v) is 12.3. The van der Waals surface area contributed by atoms with Crippen LogP contribution < -0.4 is 5.32 Å². The van der Waals surface area contributed by atoms with Gasteiger partial charge in [-0.3, -0.25) is 0 Å². The number of esters is 1. The molecule has 1 amide bonds. The molecule has 0 aliphatic carbocycles. The van der Waals surface area contributed by atoms with E-state index in [-0.39, 0.29) is 6.54 Å². The average Bonchev–Trinajstić information content (AvgIpc) is 2.31. The van der Waals surface area contributed by atoms with Gasteiger partial charge in [-0.1, -0.05) is 17.3 Å². The van der Waals surface area contributed by atoms with Crippen molar-refractivity contribution in [2.24, 2.45) is 5.11 Å². The van der Waals surface area contributed by atoms with E-state index in [1.54, 1.807) is 20.8 Å². The number of ether oxygens (including phenoxy) is 2. The Balaban J connectivity index is 4.96. The van der Waals surface area contributed by atoms with Gasteiger partial charge in [-0.25, -0.2) is 9.59 Å². The second kappa shape index (κ2) is 7.40. The van der Waals surface area contributed by atoms with Crippen molar-refractivity contribution in [2.75, 3.05) is 13.7 Å². The molecule has 0 heterocycles. The summed E-state index contributed by atoms with van der Waals surface area (Å²) in [6.07, 6.45) is 2.09. The highest BCUT2D eigenvalue weighted by Crippen LogP contribution is 2.12. The molecule has 0 spiro atoms. The van der Waals surface area contributed by atoms with Crippen LogP contribution in [0, 0.1) is 0 Å². The van der Waals surface area contributed by atoms with Crippen LogP contribution in [0.3, 0.4) is 0 Å². The summed E-state index contributed by atoms with van der Waals surface area (Å²) in [6.45, 7) is 6.63. The van der Waals surface area contributed by atoms with Crippen molar-refractivity contribution < 1.29 is 19.1 Å². The lowest BCUT2D eigenvalue weighted by molar-refractivity contribution is -0.145. The van der Waals surface area contributed by atoms with Crippen molar-refractivity contribution in [3.63, 3.8) is 0 Å². The van der Waals surface area contributed by atoms with Crippen molar-refractivity contribution in [2.45, 2.75) is 38.8 Å². The van der Waals surface area contributed by atoms with Crippen molar-refractivity contribution in [3.05, 3.63) is 22.6 Å². The molecule has 0 radical (unpaired) electrons. The van der Waals surface area contributed by atoms with Crippen molar-refractivity contribution in [1.29, 1.82) is 0 Å². The molecule has 8 heteroatoms. The van der Waals surface area contributed by atoms with E-state index < -0.39 is 23.2 Å². The molecule has 1 atom stereocenters. The topological polar surface area (TPSA) is 113 Å². The van der Waals surface area contributed by atoms with Gasteiger partial charge in [-0.2, -0.15) is 0 Å². The van der Waals surface area contributed by atoms with Crippen LogP contribution in [0.2, 0.25) is 0 Å². The van der Waals surface area contributed by atoms with Crippen LogP contribution in [-0.2, 0) is 14.3 Å². The van der Waals surface area contributed by atoms with Gasteiger partial charge in [-0.15, -0.1) is 0 Å². The van der Waals surface area contributed by atoms with Crippen LogP contribution in [0.4, 0.5) is 4.79 Å². The number of nitrogens with one attached hydrogen (secondary N) is 1. The van der Waals surface area contributed by atoms with Gasteiger partial charge < -0.3 is 14.8 Å². The van der Waals surface area contributed by atoms with E-state index in [2.05, 4.69) is 20.1 Å². The number of nitrogens with zero attached hydrogens (tertiary/aromatic N) is 3. The van der Waals surface area contributed by atoms with Gasteiger partial charge in [0.05, 0.1) is 7.11 Å². The molecule has 0 aliphatic rings. The Morgan fingerprint density at radius 2 is 1.95 bits per heavy atom. The summed E-state index contributed by atoms with van der Waals surface area (Å²) in [6, 6.07) is 0. The number of hydrogen-bond donors (Lipinski definition) is 1. The van der Waals surface area contributed by atoms with E-state index in [0.29, 0.717) is 0 Å². The number of carbonyl (C=O) groups is 2. The first-order valence-corrected chi connectivity index (χ1v) is 5.93. The molecular weight excluding hydrogens is 264 g/mol. The van der Waals surface area contributed by atoms with Crippen molar-refractivity contribution >= 4 is 12.1 Å². The zero-order chi connectivity index (χ0) is 15.8. The highest BCUT2D eigenvalue weighted by Gasteiger charge is 2.34. The Morgan fingerprint density at radius 3 is 2.40 bits per heavy atom. The number of alkyl carbamates (subject to hydrolysis) is 1. The van der Waals surface area contributed by atoms with Crippen LogP contribution in [-0.4, -0.2) is 36.9 Å². The lowest BCUT2D eigenvalue weighted by atomic mass is 10.0. The predicted octanol–water partition coefficient (Wildman–Crippen LogP) is 2.31. The molecule has 0 aliphatic heterocycles. The molecule has 0 saturated carbocycles. The lowest BCUT2D eigenvalue weighted by Crippen LogP contribution is -2.52. The predicted molar refractivity (Wildman–Crippen MR) is 72.9 cm³/mol. The van der Waals surface area contributed by atoms with Gasteiger partial charge in [0.15, 0.2) is 5.54 Å². The highest BCUT2D eigenvalue weighted by atomic mass is 16.6. The minimum atomic E-state index is -1.40. The van der Waals surface area contributed by atoms with E-state index in [1.165, 1.54) is 26.2 Å². The first-order chi connectivity index (χ1) is 9.14. The zero-order valence-electron chi connectivity index (χ0n) is 12.3. The molecule has 20 heavy (non-hydrogen) atoms. The monoisotopic (exact) mass is 284 g/mol. The fourth-order valence-corrected chi connectivity index (χ4v) is 1.26. The normalized spacial score (nSPS) is 14.1. The third kappa shape index (κ3) is 6.65. The SMILES string of the molecule is COC(=O)[C@](C)(/C=C/CN=[N+]=[N-])NC(=O)OC(C)(C)C. The molecule has 0 bridgehead atoms. The second-order valence-electron chi connectivity index (χ2n) is 5.14. The summed E-state index contributed by atoms with van der Waals surface area (Å²) in [4.78, 5) is 26.1. The Morgan fingerprint density at radius 1 is 1.35 bits per heavy atom. The number of rotatable bonds is 5. The highest BCUT2D eigenvalue weighted by molar-refractivity contribution is 5.87. The van der Waals surface area contributed by atoms with Gasteiger partial charge in [0.25, 0.3) is 0 Å². The van der Waals surface area contributed by atoms with E-state index in [1.807, 2.05) is 0 Å². The molecule has 0 unspecified atom stereocenters. The number of amides is 1. The average molecular weight is 284 g/mol. The third-order valence-corrected chi connectivity index (χ3v) is 2.07. The summed E-state index contributed by atoms with van der Waals surface area (Å²) >= 11 is 0. The van der Waals surface area contributed by atoms with Crippen molar-refractivity contribution in [1.82, 2.24) is 5.32 Å².